The molecule has 7 heteroatoms. The molecule has 0 aliphatic heterocycles. The second kappa shape index (κ2) is 9.19. The molecule has 0 fully saturated rings. The van der Waals surface area contributed by atoms with Gasteiger partial charge in [-0.1, -0.05) is 6.07 Å². The third-order valence-electron chi connectivity index (χ3n) is 3.15. The van der Waals surface area contributed by atoms with Gasteiger partial charge in [0.15, 0.2) is 0 Å². The molecule has 2 rings (SSSR count). The summed E-state index contributed by atoms with van der Waals surface area (Å²) >= 11 is 3.20. The van der Waals surface area contributed by atoms with E-state index in [1.165, 1.54) is 18.2 Å². The highest BCUT2D eigenvalue weighted by Crippen LogP contribution is 2.27. The Balaban J connectivity index is 2.04. The van der Waals surface area contributed by atoms with Crippen molar-refractivity contribution in [2.45, 2.75) is 6.92 Å². The summed E-state index contributed by atoms with van der Waals surface area (Å²) in [7, 11) is 0. The van der Waals surface area contributed by atoms with Gasteiger partial charge < -0.3 is 19.3 Å². The molecule has 1 N–H and O–H groups in total. The van der Waals surface area contributed by atoms with Gasteiger partial charge in [0, 0.05) is 6.61 Å². The van der Waals surface area contributed by atoms with Crippen LogP contribution in [0.2, 0.25) is 0 Å². The maximum atomic E-state index is 12.3. The number of hydrogen-bond donors (Lipinski definition) is 1. The number of carboxylic acids is 1. The van der Waals surface area contributed by atoms with E-state index in [1.807, 2.05) is 6.92 Å². The van der Waals surface area contributed by atoms with Crippen LogP contribution in [0.25, 0.3) is 0 Å². The second-order valence-electron chi connectivity index (χ2n) is 4.91. The van der Waals surface area contributed by atoms with Gasteiger partial charge in [-0.25, -0.2) is 9.59 Å². The van der Waals surface area contributed by atoms with Crippen LogP contribution >= 0.6 is 15.9 Å². The Kier molecular flexibility index (Phi) is 6.97. The Labute approximate surface area is 153 Å². The fraction of sp³-hybridized carbons (Fsp3) is 0.222. The molecule has 0 atom stereocenters. The van der Waals surface area contributed by atoms with Crippen molar-refractivity contribution in [2.75, 3.05) is 19.8 Å². The number of carbonyl (C=O) groups excluding carboxylic acids is 1. The highest BCUT2D eigenvalue weighted by atomic mass is 79.9. The molecule has 2 aromatic rings. The summed E-state index contributed by atoms with van der Waals surface area (Å²) in [5.74, 6) is -0.860. The standard InChI is InChI=1S/C18H17BrO6/c1-2-23-8-9-24-14-5-3-4-13(10-14)18(22)25-16-7-6-12(17(20)21)11-15(16)19/h3-7,10-11H,2,8-9H2,1H3,(H,20,21). The normalized spacial score (nSPS) is 10.3. The molecule has 0 heterocycles. The van der Waals surface area contributed by atoms with Crippen molar-refractivity contribution < 1.29 is 28.9 Å². The van der Waals surface area contributed by atoms with Crippen molar-refractivity contribution >= 4 is 27.9 Å². The highest BCUT2D eigenvalue weighted by molar-refractivity contribution is 9.10. The van der Waals surface area contributed by atoms with E-state index in [9.17, 15) is 9.59 Å². The molecule has 0 radical (unpaired) electrons. The van der Waals surface area contributed by atoms with Gasteiger partial charge in [0.05, 0.1) is 22.2 Å². The molecule has 132 valence electrons. The van der Waals surface area contributed by atoms with Crippen LogP contribution in [0.4, 0.5) is 0 Å². The van der Waals surface area contributed by atoms with Crippen LogP contribution in [0.15, 0.2) is 46.9 Å². The number of carboxylic acid groups (broad SMARTS) is 1. The first kappa shape index (κ1) is 19.0. The zero-order chi connectivity index (χ0) is 18.2. The maximum absolute atomic E-state index is 12.3. The third kappa shape index (κ3) is 5.58. The van der Waals surface area contributed by atoms with E-state index < -0.39 is 11.9 Å². The van der Waals surface area contributed by atoms with E-state index in [1.54, 1.807) is 24.3 Å². The Hall–Kier alpha value is -2.38. The molecular formula is C18H17BrO6. The molecule has 6 nitrogen and oxygen atoms in total. The van der Waals surface area contributed by atoms with Crippen LogP contribution in [0, 0.1) is 0 Å². The predicted molar refractivity (Wildman–Crippen MR) is 94.5 cm³/mol. The first-order valence-corrected chi connectivity index (χ1v) is 8.36. The lowest BCUT2D eigenvalue weighted by molar-refractivity contribution is 0.0696. The molecule has 0 amide bonds. The lowest BCUT2D eigenvalue weighted by Gasteiger charge is -2.09. The van der Waals surface area contributed by atoms with Gasteiger partial charge in [-0.15, -0.1) is 0 Å². The van der Waals surface area contributed by atoms with Crippen molar-refractivity contribution in [3.05, 3.63) is 58.1 Å². The second-order valence-corrected chi connectivity index (χ2v) is 5.77. The van der Waals surface area contributed by atoms with Crippen molar-refractivity contribution in [3.8, 4) is 11.5 Å². The number of benzene rings is 2. The van der Waals surface area contributed by atoms with Crippen LogP contribution in [-0.4, -0.2) is 36.9 Å². The Morgan fingerprint density at radius 2 is 1.88 bits per heavy atom. The van der Waals surface area contributed by atoms with Crippen LogP contribution in [0.5, 0.6) is 11.5 Å². The van der Waals surface area contributed by atoms with Crippen molar-refractivity contribution in [1.82, 2.24) is 0 Å². The van der Waals surface area contributed by atoms with E-state index in [-0.39, 0.29) is 11.3 Å². The molecular weight excluding hydrogens is 392 g/mol. The van der Waals surface area contributed by atoms with E-state index in [0.29, 0.717) is 35.6 Å². The minimum atomic E-state index is -1.06. The zero-order valence-corrected chi connectivity index (χ0v) is 15.1. The summed E-state index contributed by atoms with van der Waals surface area (Å²) in [6.07, 6.45) is 0. The summed E-state index contributed by atoms with van der Waals surface area (Å²) in [5, 5.41) is 8.94. The smallest absolute Gasteiger partial charge is 0.343 e. The summed E-state index contributed by atoms with van der Waals surface area (Å²) in [6, 6.07) is 10.8. The summed E-state index contributed by atoms with van der Waals surface area (Å²) in [6.45, 7) is 3.37. The Bertz CT molecular complexity index is 759. The number of esters is 1. The van der Waals surface area contributed by atoms with Crippen LogP contribution in [-0.2, 0) is 4.74 Å². The molecule has 0 aromatic heterocycles. The molecule has 0 unspecified atom stereocenters. The minimum Gasteiger partial charge on any atom is -0.491 e. The van der Waals surface area contributed by atoms with Gasteiger partial charge in [0.1, 0.15) is 18.1 Å². The highest BCUT2D eigenvalue weighted by Gasteiger charge is 2.13. The fourth-order valence-electron chi connectivity index (χ4n) is 1.95. The number of carbonyl (C=O) groups is 2. The largest absolute Gasteiger partial charge is 0.491 e. The topological polar surface area (TPSA) is 82.1 Å². The van der Waals surface area contributed by atoms with Crippen LogP contribution in [0.3, 0.4) is 0 Å². The molecule has 0 aliphatic carbocycles. The van der Waals surface area contributed by atoms with Gasteiger partial charge in [0.2, 0.25) is 0 Å². The number of ether oxygens (including phenoxy) is 3. The maximum Gasteiger partial charge on any atom is 0.343 e. The number of hydrogen-bond acceptors (Lipinski definition) is 5. The predicted octanol–water partition coefficient (Wildman–Crippen LogP) is 3.78. The monoisotopic (exact) mass is 408 g/mol. The molecule has 25 heavy (non-hydrogen) atoms. The van der Waals surface area contributed by atoms with Crippen LogP contribution < -0.4 is 9.47 Å². The van der Waals surface area contributed by atoms with Gasteiger partial charge in [0.25, 0.3) is 0 Å². The van der Waals surface area contributed by atoms with E-state index in [0.717, 1.165) is 0 Å². The van der Waals surface area contributed by atoms with E-state index in [4.69, 9.17) is 19.3 Å². The lowest BCUT2D eigenvalue weighted by atomic mass is 10.2. The average Bonchev–Trinajstić information content (AvgIpc) is 2.60. The van der Waals surface area contributed by atoms with E-state index in [2.05, 4.69) is 15.9 Å². The number of halogens is 1. The first-order chi connectivity index (χ1) is 12.0. The van der Waals surface area contributed by atoms with Gasteiger partial charge >= 0.3 is 11.9 Å². The van der Waals surface area contributed by atoms with E-state index >= 15 is 0 Å². The average molecular weight is 409 g/mol. The third-order valence-corrected chi connectivity index (χ3v) is 3.77. The number of aromatic carboxylic acids is 1. The van der Waals surface area contributed by atoms with Crippen molar-refractivity contribution in [2.24, 2.45) is 0 Å². The SMILES string of the molecule is CCOCCOc1cccc(C(=O)Oc2ccc(C(=O)O)cc2Br)c1. The van der Waals surface area contributed by atoms with Crippen molar-refractivity contribution in [3.63, 3.8) is 0 Å². The molecule has 0 saturated heterocycles. The van der Waals surface area contributed by atoms with Gasteiger partial charge in [-0.3, -0.25) is 0 Å². The van der Waals surface area contributed by atoms with Gasteiger partial charge in [-0.05, 0) is 59.3 Å². The number of rotatable bonds is 8. The minimum absolute atomic E-state index is 0.0939. The quantitative estimate of drug-likeness (QED) is 0.406. The first-order valence-electron chi connectivity index (χ1n) is 7.57. The summed E-state index contributed by atoms with van der Waals surface area (Å²) in [5.41, 5.74) is 0.416. The van der Waals surface area contributed by atoms with Crippen molar-refractivity contribution in [1.29, 1.82) is 0 Å². The fourth-order valence-corrected chi connectivity index (χ4v) is 2.41. The Morgan fingerprint density at radius 1 is 1.08 bits per heavy atom. The summed E-state index contributed by atoms with van der Waals surface area (Å²) < 4.78 is 16.4. The summed E-state index contributed by atoms with van der Waals surface area (Å²) in [4.78, 5) is 23.2. The Morgan fingerprint density at radius 3 is 2.56 bits per heavy atom. The zero-order valence-electron chi connectivity index (χ0n) is 13.5. The molecule has 0 spiro atoms. The molecule has 2 aromatic carbocycles. The molecule has 0 saturated carbocycles. The lowest BCUT2D eigenvalue weighted by Crippen LogP contribution is -2.10. The molecule has 0 aliphatic rings. The molecule has 0 bridgehead atoms. The van der Waals surface area contributed by atoms with Crippen LogP contribution in [0.1, 0.15) is 27.6 Å². The van der Waals surface area contributed by atoms with Gasteiger partial charge in [-0.2, -0.15) is 0 Å².